The Morgan fingerprint density at radius 1 is 1.44 bits per heavy atom. The van der Waals surface area contributed by atoms with E-state index in [-0.39, 0.29) is 18.1 Å². The molecule has 0 heterocycles. The first-order chi connectivity index (χ1) is 8.49. The van der Waals surface area contributed by atoms with Gasteiger partial charge in [-0.25, -0.2) is 4.39 Å². The molecule has 1 aromatic rings. The maximum absolute atomic E-state index is 13.3. The van der Waals surface area contributed by atoms with Crippen LogP contribution in [0.5, 0.6) is 0 Å². The van der Waals surface area contributed by atoms with E-state index in [9.17, 15) is 9.18 Å². The molecule has 0 unspecified atom stereocenters. The molecule has 1 rings (SSSR count). The SMILES string of the molecule is CC(C)CCNC(=O)CNc1cc(Cl)ccc1F. The molecule has 5 heteroatoms. The van der Waals surface area contributed by atoms with E-state index < -0.39 is 5.82 Å². The molecule has 0 aliphatic heterocycles. The molecule has 3 nitrogen and oxygen atoms in total. The molecular formula is C13H18ClFN2O. The third-order valence-electron chi connectivity index (χ3n) is 2.41. The van der Waals surface area contributed by atoms with Gasteiger partial charge in [-0.2, -0.15) is 0 Å². The van der Waals surface area contributed by atoms with Crippen molar-refractivity contribution < 1.29 is 9.18 Å². The second kappa shape index (κ2) is 7.21. The van der Waals surface area contributed by atoms with Gasteiger partial charge in [-0.3, -0.25) is 4.79 Å². The Balaban J connectivity index is 2.36. The first kappa shape index (κ1) is 14.8. The summed E-state index contributed by atoms with van der Waals surface area (Å²) < 4.78 is 13.3. The van der Waals surface area contributed by atoms with Crippen molar-refractivity contribution in [1.29, 1.82) is 0 Å². The van der Waals surface area contributed by atoms with Gasteiger partial charge in [-0.15, -0.1) is 0 Å². The predicted molar refractivity (Wildman–Crippen MR) is 72.4 cm³/mol. The summed E-state index contributed by atoms with van der Waals surface area (Å²) in [5, 5.41) is 5.91. The molecule has 0 saturated carbocycles. The highest BCUT2D eigenvalue weighted by Gasteiger charge is 2.05. The molecule has 2 N–H and O–H groups in total. The Morgan fingerprint density at radius 3 is 2.83 bits per heavy atom. The van der Waals surface area contributed by atoms with Crippen LogP contribution in [-0.4, -0.2) is 19.0 Å². The van der Waals surface area contributed by atoms with E-state index in [1.165, 1.54) is 18.2 Å². The fourth-order valence-electron chi connectivity index (χ4n) is 1.37. The number of nitrogens with one attached hydrogen (secondary N) is 2. The quantitative estimate of drug-likeness (QED) is 0.836. The van der Waals surface area contributed by atoms with E-state index in [0.717, 1.165) is 6.42 Å². The van der Waals surface area contributed by atoms with Crippen LogP contribution in [0.4, 0.5) is 10.1 Å². The highest BCUT2D eigenvalue weighted by Crippen LogP contribution is 2.18. The lowest BCUT2D eigenvalue weighted by molar-refractivity contribution is -0.119. The molecule has 0 bridgehead atoms. The Kier molecular flexibility index (Phi) is 5.92. The summed E-state index contributed by atoms with van der Waals surface area (Å²) in [5.41, 5.74) is 0.238. The summed E-state index contributed by atoms with van der Waals surface area (Å²) in [6, 6.07) is 4.18. The minimum atomic E-state index is -0.422. The van der Waals surface area contributed by atoms with Crippen LogP contribution in [0.3, 0.4) is 0 Å². The van der Waals surface area contributed by atoms with Crippen LogP contribution in [0.1, 0.15) is 20.3 Å². The summed E-state index contributed by atoms with van der Waals surface area (Å²) in [4.78, 5) is 11.5. The van der Waals surface area contributed by atoms with E-state index in [0.29, 0.717) is 17.5 Å². The number of benzene rings is 1. The number of amides is 1. The van der Waals surface area contributed by atoms with E-state index in [1.54, 1.807) is 0 Å². The number of carbonyl (C=O) groups excluding carboxylic acids is 1. The second-order valence-electron chi connectivity index (χ2n) is 4.51. The van der Waals surface area contributed by atoms with Crippen LogP contribution in [0, 0.1) is 11.7 Å². The van der Waals surface area contributed by atoms with Crippen molar-refractivity contribution in [2.45, 2.75) is 20.3 Å². The zero-order chi connectivity index (χ0) is 13.5. The zero-order valence-corrected chi connectivity index (χ0v) is 11.4. The first-order valence-corrected chi connectivity index (χ1v) is 6.32. The van der Waals surface area contributed by atoms with E-state index >= 15 is 0 Å². The molecular weight excluding hydrogens is 255 g/mol. The van der Waals surface area contributed by atoms with Crippen LogP contribution in [0.15, 0.2) is 18.2 Å². The van der Waals surface area contributed by atoms with Crippen LogP contribution < -0.4 is 10.6 Å². The predicted octanol–water partition coefficient (Wildman–Crippen LogP) is 3.05. The number of halogens is 2. The van der Waals surface area contributed by atoms with Crippen molar-refractivity contribution >= 4 is 23.2 Å². The summed E-state index contributed by atoms with van der Waals surface area (Å²) >= 11 is 5.74. The van der Waals surface area contributed by atoms with Gasteiger partial charge in [0, 0.05) is 11.6 Å². The Labute approximate surface area is 112 Å². The van der Waals surface area contributed by atoms with Gasteiger partial charge in [-0.1, -0.05) is 25.4 Å². The minimum Gasteiger partial charge on any atom is -0.374 e. The molecule has 0 aliphatic rings. The number of rotatable bonds is 6. The molecule has 100 valence electrons. The van der Waals surface area contributed by atoms with Crippen molar-refractivity contribution in [3.63, 3.8) is 0 Å². The Morgan fingerprint density at radius 2 is 2.17 bits per heavy atom. The summed E-state index contributed by atoms with van der Waals surface area (Å²) in [6.07, 6.45) is 0.928. The molecule has 0 spiro atoms. The highest BCUT2D eigenvalue weighted by molar-refractivity contribution is 6.30. The third-order valence-corrected chi connectivity index (χ3v) is 2.65. The number of hydrogen-bond acceptors (Lipinski definition) is 2. The Hall–Kier alpha value is -1.29. The smallest absolute Gasteiger partial charge is 0.239 e. The highest BCUT2D eigenvalue weighted by atomic mass is 35.5. The lowest BCUT2D eigenvalue weighted by atomic mass is 10.1. The largest absolute Gasteiger partial charge is 0.374 e. The number of anilines is 1. The molecule has 0 atom stereocenters. The maximum Gasteiger partial charge on any atom is 0.239 e. The van der Waals surface area contributed by atoms with E-state index in [4.69, 9.17) is 11.6 Å². The van der Waals surface area contributed by atoms with Gasteiger partial charge in [-0.05, 0) is 30.5 Å². The van der Waals surface area contributed by atoms with Crippen molar-refractivity contribution in [1.82, 2.24) is 5.32 Å². The first-order valence-electron chi connectivity index (χ1n) is 5.94. The molecule has 0 aliphatic carbocycles. The summed E-state index contributed by atoms with van der Waals surface area (Å²) in [5.74, 6) is -0.0342. The van der Waals surface area contributed by atoms with Crippen molar-refractivity contribution in [3.05, 3.63) is 29.0 Å². The van der Waals surface area contributed by atoms with Crippen molar-refractivity contribution in [2.24, 2.45) is 5.92 Å². The fraction of sp³-hybridized carbons (Fsp3) is 0.462. The lowest BCUT2D eigenvalue weighted by Crippen LogP contribution is -2.31. The molecule has 18 heavy (non-hydrogen) atoms. The van der Waals surface area contributed by atoms with Crippen LogP contribution in [0.25, 0.3) is 0 Å². The molecule has 0 fully saturated rings. The number of hydrogen-bond donors (Lipinski definition) is 2. The van der Waals surface area contributed by atoms with Gasteiger partial charge < -0.3 is 10.6 Å². The van der Waals surface area contributed by atoms with Crippen LogP contribution in [-0.2, 0) is 4.79 Å². The normalized spacial score (nSPS) is 10.5. The molecule has 1 aromatic carbocycles. The fourth-order valence-corrected chi connectivity index (χ4v) is 1.54. The molecule has 0 saturated heterocycles. The minimum absolute atomic E-state index is 0.0371. The van der Waals surface area contributed by atoms with Gasteiger partial charge in [0.05, 0.1) is 12.2 Å². The second-order valence-corrected chi connectivity index (χ2v) is 4.95. The van der Waals surface area contributed by atoms with Gasteiger partial charge >= 0.3 is 0 Å². The summed E-state index contributed by atoms with van der Waals surface area (Å²) in [7, 11) is 0. The molecule has 0 aromatic heterocycles. The van der Waals surface area contributed by atoms with Crippen LogP contribution >= 0.6 is 11.6 Å². The Bertz CT molecular complexity index is 410. The van der Waals surface area contributed by atoms with Gasteiger partial charge in [0.2, 0.25) is 5.91 Å². The topological polar surface area (TPSA) is 41.1 Å². The monoisotopic (exact) mass is 272 g/mol. The van der Waals surface area contributed by atoms with Gasteiger partial charge in [0.15, 0.2) is 0 Å². The van der Waals surface area contributed by atoms with E-state index in [1.807, 2.05) is 0 Å². The van der Waals surface area contributed by atoms with Crippen molar-refractivity contribution in [3.8, 4) is 0 Å². The van der Waals surface area contributed by atoms with Crippen molar-refractivity contribution in [2.75, 3.05) is 18.4 Å². The third kappa shape index (κ3) is 5.36. The zero-order valence-electron chi connectivity index (χ0n) is 10.6. The summed E-state index contributed by atoms with van der Waals surface area (Å²) in [6.45, 7) is 4.85. The van der Waals surface area contributed by atoms with Gasteiger partial charge in [0.1, 0.15) is 5.82 Å². The standard InChI is InChI=1S/C13H18ClFN2O/c1-9(2)5-6-16-13(18)8-17-12-7-10(14)3-4-11(12)15/h3-4,7,9,17H,5-6,8H2,1-2H3,(H,16,18). The van der Waals surface area contributed by atoms with Crippen LogP contribution in [0.2, 0.25) is 5.02 Å². The maximum atomic E-state index is 13.3. The lowest BCUT2D eigenvalue weighted by Gasteiger charge is -2.09. The number of carbonyl (C=O) groups is 1. The molecule has 0 radical (unpaired) electrons. The van der Waals surface area contributed by atoms with E-state index in [2.05, 4.69) is 24.5 Å². The average Bonchev–Trinajstić information content (AvgIpc) is 2.30. The molecule has 1 amide bonds. The average molecular weight is 273 g/mol. The van der Waals surface area contributed by atoms with Gasteiger partial charge in [0.25, 0.3) is 0 Å².